The summed E-state index contributed by atoms with van der Waals surface area (Å²) in [5.41, 5.74) is 6.41. The molecular formula is C15H18N4O2. The number of nitrogens with zero attached hydrogens (tertiary/aromatic N) is 1. The van der Waals surface area contributed by atoms with Gasteiger partial charge in [-0.2, -0.15) is 0 Å². The highest BCUT2D eigenvalue weighted by atomic mass is 16.3. The second-order valence-electron chi connectivity index (χ2n) is 4.39. The Bertz CT molecular complexity index is 576. The second kappa shape index (κ2) is 7.74. The third-order valence-corrected chi connectivity index (χ3v) is 2.71. The quantitative estimate of drug-likeness (QED) is 0.534. The minimum Gasteiger partial charge on any atom is -0.465 e. The number of amides is 1. The predicted octanol–water partition coefficient (Wildman–Crippen LogP) is 1.89. The van der Waals surface area contributed by atoms with Crippen LogP contribution in [0.4, 0.5) is 11.5 Å². The number of rotatable bonds is 7. The normalized spacial score (nSPS) is 10.7. The molecule has 1 amide bonds. The number of nitrogens with two attached hydrogens (primary N) is 1. The third-order valence-electron chi connectivity index (χ3n) is 2.71. The van der Waals surface area contributed by atoms with E-state index in [0.717, 1.165) is 18.7 Å². The SMILES string of the molecule is Nc1ccc(NCCCNC(=O)/C=C/c2ccco2)cn1. The van der Waals surface area contributed by atoms with Crippen molar-refractivity contribution in [2.45, 2.75) is 6.42 Å². The number of carbonyl (C=O) groups is 1. The molecule has 0 spiro atoms. The molecule has 0 fully saturated rings. The van der Waals surface area contributed by atoms with Crippen LogP contribution in [0.5, 0.6) is 0 Å². The van der Waals surface area contributed by atoms with Gasteiger partial charge >= 0.3 is 0 Å². The molecule has 0 aliphatic heterocycles. The van der Waals surface area contributed by atoms with Gasteiger partial charge in [-0.3, -0.25) is 4.79 Å². The number of nitrogens with one attached hydrogen (secondary N) is 2. The van der Waals surface area contributed by atoms with Gasteiger partial charge in [0.2, 0.25) is 5.91 Å². The maximum atomic E-state index is 11.5. The van der Waals surface area contributed by atoms with E-state index in [-0.39, 0.29) is 5.91 Å². The molecule has 0 saturated carbocycles. The van der Waals surface area contributed by atoms with Crippen LogP contribution in [-0.2, 0) is 4.79 Å². The molecule has 110 valence electrons. The van der Waals surface area contributed by atoms with Gasteiger partial charge < -0.3 is 20.8 Å². The van der Waals surface area contributed by atoms with E-state index in [4.69, 9.17) is 10.2 Å². The summed E-state index contributed by atoms with van der Waals surface area (Å²) >= 11 is 0. The Morgan fingerprint density at radius 1 is 1.33 bits per heavy atom. The molecule has 6 nitrogen and oxygen atoms in total. The largest absolute Gasteiger partial charge is 0.465 e. The fourth-order valence-corrected chi connectivity index (χ4v) is 1.65. The molecule has 0 unspecified atom stereocenters. The lowest BCUT2D eigenvalue weighted by Gasteiger charge is -2.06. The summed E-state index contributed by atoms with van der Waals surface area (Å²) < 4.78 is 5.09. The van der Waals surface area contributed by atoms with Crippen molar-refractivity contribution in [2.75, 3.05) is 24.1 Å². The molecule has 0 aromatic carbocycles. The molecule has 2 rings (SSSR count). The van der Waals surface area contributed by atoms with Crippen molar-refractivity contribution in [1.29, 1.82) is 0 Å². The van der Waals surface area contributed by atoms with Crippen molar-refractivity contribution < 1.29 is 9.21 Å². The van der Waals surface area contributed by atoms with Gasteiger partial charge in [-0.25, -0.2) is 4.98 Å². The van der Waals surface area contributed by atoms with Crippen LogP contribution in [0.3, 0.4) is 0 Å². The van der Waals surface area contributed by atoms with E-state index in [1.54, 1.807) is 36.7 Å². The van der Waals surface area contributed by atoms with Crippen molar-refractivity contribution in [1.82, 2.24) is 10.3 Å². The Hall–Kier alpha value is -2.76. The fourth-order valence-electron chi connectivity index (χ4n) is 1.65. The van der Waals surface area contributed by atoms with Gasteiger partial charge in [0.1, 0.15) is 11.6 Å². The zero-order valence-corrected chi connectivity index (χ0v) is 11.6. The molecule has 2 heterocycles. The Morgan fingerprint density at radius 3 is 2.95 bits per heavy atom. The van der Waals surface area contributed by atoms with E-state index < -0.39 is 0 Å². The minimum absolute atomic E-state index is 0.138. The predicted molar refractivity (Wildman–Crippen MR) is 82.5 cm³/mol. The molecule has 0 aliphatic rings. The smallest absolute Gasteiger partial charge is 0.244 e. The van der Waals surface area contributed by atoms with E-state index in [0.29, 0.717) is 18.1 Å². The van der Waals surface area contributed by atoms with Gasteiger partial charge in [0.05, 0.1) is 18.1 Å². The summed E-state index contributed by atoms with van der Waals surface area (Å²) in [4.78, 5) is 15.5. The van der Waals surface area contributed by atoms with Crippen LogP contribution in [0.1, 0.15) is 12.2 Å². The number of anilines is 2. The lowest BCUT2D eigenvalue weighted by atomic mass is 10.3. The first-order valence-corrected chi connectivity index (χ1v) is 6.69. The summed E-state index contributed by atoms with van der Waals surface area (Å²) in [6.07, 6.45) is 7.14. The van der Waals surface area contributed by atoms with E-state index >= 15 is 0 Å². The Kier molecular flexibility index (Phi) is 5.40. The standard InChI is InChI=1S/C15H18N4O2/c16-14-6-4-12(11-19-14)17-8-2-9-18-15(20)7-5-13-3-1-10-21-13/h1,3-7,10-11,17H,2,8-9H2,(H2,16,19)(H,18,20)/b7-5+. The van der Waals surface area contributed by atoms with E-state index in [2.05, 4.69) is 15.6 Å². The highest BCUT2D eigenvalue weighted by Crippen LogP contribution is 2.06. The summed E-state index contributed by atoms with van der Waals surface area (Å²) in [7, 11) is 0. The molecular weight excluding hydrogens is 268 g/mol. The van der Waals surface area contributed by atoms with Gasteiger partial charge in [-0.15, -0.1) is 0 Å². The average molecular weight is 286 g/mol. The number of carbonyl (C=O) groups excluding carboxylic acids is 1. The molecule has 0 radical (unpaired) electrons. The Balaban J connectivity index is 1.59. The zero-order chi connectivity index (χ0) is 14.9. The number of aromatic nitrogens is 1. The summed E-state index contributed by atoms with van der Waals surface area (Å²) in [6.45, 7) is 1.34. The number of pyridine rings is 1. The van der Waals surface area contributed by atoms with Crippen molar-refractivity contribution in [2.24, 2.45) is 0 Å². The molecule has 2 aromatic rings. The van der Waals surface area contributed by atoms with E-state index in [9.17, 15) is 4.79 Å². The summed E-state index contributed by atoms with van der Waals surface area (Å²) in [5.74, 6) is 1.01. The molecule has 4 N–H and O–H groups in total. The number of hydrogen-bond donors (Lipinski definition) is 3. The highest BCUT2D eigenvalue weighted by Gasteiger charge is 1.96. The lowest BCUT2D eigenvalue weighted by molar-refractivity contribution is -0.116. The first kappa shape index (κ1) is 14.6. The van der Waals surface area contributed by atoms with Crippen LogP contribution < -0.4 is 16.4 Å². The van der Waals surface area contributed by atoms with Crippen LogP contribution in [0, 0.1) is 0 Å². The van der Waals surface area contributed by atoms with Crippen molar-refractivity contribution >= 4 is 23.5 Å². The second-order valence-corrected chi connectivity index (χ2v) is 4.39. The molecule has 2 aromatic heterocycles. The first-order valence-electron chi connectivity index (χ1n) is 6.69. The molecule has 0 aliphatic carbocycles. The van der Waals surface area contributed by atoms with Crippen LogP contribution in [0.2, 0.25) is 0 Å². The maximum absolute atomic E-state index is 11.5. The Morgan fingerprint density at radius 2 is 2.24 bits per heavy atom. The molecule has 21 heavy (non-hydrogen) atoms. The van der Waals surface area contributed by atoms with Crippen LogP contribution in [0.15, 0.2) is 47.2 Å². The van der Waals surface area contributed by atoms with Crippen molar-refractivity contribution in [3.63, 3.8) is 0 Å². The number of nitrogen functional groups attached to an aromatic ring is 1. The summed E-state index contributed by atoms with van der Waals surface area (Å²) in [5, 5.41) is 6.00. The maximum Gasteiger partial charge on any atom is 0.244 e. The van der Waals surface area contributed by atoms with Gasteiger partial charge in [-0.05, 0) is 36.8 Å². The molecule has 0 bridgehead atoms. The highest BCUT2D eigenvalue weighted by molar-refractivity contribution is 5.91. The number of hydrogen-bond acceptors (Lipinski definition) is 5. The topological polar surface area (TPSA) is 93.2 Å². The first-order chi connectivity index (χ1) is 10.2. The Labute approximate surface area is 123 Å². The summed E-state index contributed by atoms with van der Waals surface area (Å²) in [6, 6.07) is 7.17. The third kappa shape index (κ3) is 5.40. The van der Waals surface area contributed by atoms with Crippen molar-refractivity contribution in [3.8, 4) is 0 Å². The van der Waals surface area contributed by atoms with Gasteiger partial charge in [0, 0.05) is 19.2 Å². The average Bonchev–Trinajstić information content (AvgIpc) is 3.00. The van der Waals surface area contributed by atoms with Gasteiger partial charge in [0.15, 0.2) is 0 Å². The zero-order valence-electron chi connectivity index (χ0n) is 11.6. The van der Waals surface area contributed by atoms with Crippen molar-refractivity contribution in [3.05, 3.63) is 48.6 Å². The van der Waals surface area contributed by atoms with E-state index in [1.807, 2.05) is 6.07 Å². The molecule has 0 atom stereocenters. The van der Waals surface area contributed by atoms with Crippen LogP contribution in [0.25, 0.3) is 6.08 Å². The van der Waals surface area contributed by atoms with Gasteiger partial charge in [-0.1, -0.05) is 0 Å². The molecule has 0 saturated heterocycles. The molecule has 6 heteroatoms. The minimum atomic E-state index is -0.138. The lowest BCUT2D eigenvalue weighted by Crippen LogP contribution is -2.23. The monoisotopic (exact) mass is 286 g/mol. The van der Waals surface area contributed by atoms with Gasteiger partial charge in [0.25, 0.3) is 0 Å². The van der Waals surface area contributed by atoms with E-state index in [1.165, 1.54) is 6.08 Å². The number of furan rings is 1. The fraction of sp³-hybridized carbons (Fsp3) is 0.200. The van der Waals surface area contributed by atoms with Crippen LogP contribution in [-0.4, -0.2) is 24.0 Å². The van der Waals surface area contributed by atoms with Crippen LogP contribution >= 0.6 is 0 Å².